The molecule has 0 aliphatic heterocycles. The van der Waals surface area contributed by atoms with Crippen LogP contribution in [0.1, 0.15) is 29.4 Å². The van der Waals surface area contributed by atoms with E-state index >= 15 is 0 Å². The van der Waals surface area contributed by atoms with Gasteiger partial charge < -0.3 is 15.6 Å². The lowest BCUT2D eigenvalue weighted by Gasteiger charge is -2.06. The number of benzene rings is 1. The highest BCUT2D eigenvalue weighted by molar-refractivity contribution is 7.99. The Balaban J connectivity index is 1.61. The topological polar surface area (TPSA) is 143 Å². The van der Waals surface area contributed by atoms with Gasteiger partial charge in [-0.3, -0.25) is 14.4 Å². The Labute approximate surface area is 190 Å². The van der Waals surface area contributed by atoms with Crippen LogP contribution in [-0.2, 0) is 11.2 Å². The van der Waals surface area contributed by atoms with E-state index in [1.54, 1.807) is 0 Å². The van der Waals surface area contributed by atoms with Crippen LogP contribution in [0.2, 0.25) is 10.0 Å². The summed E-state index contributed by atoms with van der Waals surface area (Å²) in [5, 5.41) is 13.0. The van der Waals surface area contributed by atoms with Crippen molar-refractivity contribution in [2.45, 2.75) is 24.9 Å². The number of nitrogens with one attached hydrogen (secondary N) is 3. The van der Waals surface area contributed by atoms with E-state index in [4.69, 9.17) is 23.2 Å². The summed E-state index contributed by atoms with van der Waals surface area (Å²) in [6, 6.07) is 5.81. The number of rotatable bonds is 8. The molecule has 0 spiro atoms. The van der Waals surface area contributed by atoms with E-state index in [1.807, 2.05) is 6.92 Å². The summed E-state index contributed by atoms with van der Waals surface area (Å²) in [4.78, 5) is 43.2. The smallest absolute Gasteiger partial charge is 0.258 e. The Morgan fingerprint density at radius 1 is 1.16 bits per heavy atom. The van der Waals surface area contributed by atoms with Crippen LogP contribution in [0, 0.1) is 0 Å². The number of carbonyl (C=O) groups is 2. The lowest BCUT2D eigenvalue weighted by molar-refractivity contribution is -0.113. The van der Waals surface area contributed by atoms with E-state index < -0.39 is 11.8 Å². The average molecular weight is 483 g/mol. The molecule has 0 atom stereocenters. The maximum Gasteiger partial charge on any atom is 0.258 e. The lowest BCUT2D eigenvalue weighted by atomic mass is 10.2. The summed E-state index contributed by atoms with van der Waals surface area (Å²) < 4.78 is 4.60. The molecular weight excluding hydrogens is 467 g/mol. The van der Waals surface area contributed by atoms with E-state index in [-0.39, 0.29) is 33.5 Å². The highest BCUT2D eigenvalue weighted by atomic mass is 35.5. The van der Waals surface area contributed by atoms with E-state index in [1.165, 1.54) is 24.3 Å². The number of hydrogen-bond acceptors (Lipinski definition) is 8. The molecule has 3 rings (SSSR count). The van der Waals surface area contributed by atoms with Crippen LogP contribution in [0.5, 0.6) is 0 Å². The zero-order chi connectivity index (χ0) is 22.4. The second-order valence-corrected chi connectivity index (χ2v) is 7.98. The number of halogens is 2. The molecular formula is C18H16Cl2N6O4S. The van der Waals surface area contributed by atoms with Crippen molar-refractivity contribution < 1.29 is 14.2 Å². The molecule has 0 aliphatic rings. The third kappa shape index (κ3) is 6.29. The number of amides is 2. The predicted molar refractivity (Wildman–Crippen MR) is 117 cm³/mol. The first-order chi connectivity index (χ1) is 14.9. The third-order valence-electron chi connectivity index (χ3n) is 3.77. The Morgan fingerprint density at radius 2 is 1.90 bits per heavy atom. The molecule has 0 unspecified atom stereocenters. The summed E-state index contributed by atoms with van der Waals surface area (Å²) in [6.45, 7) is 1.98. The van der Waals surface area contributed by atoms with Gasteiger partial charge in [-0.25, -0.2) is 9.61 Å². The number of H-pyrrole nitrogens is 1. The largest absolute Gasteiger partial charge is 0.304 e. The number of aromatic amines is 1. The highest BCUT2D eigenvalue weighted by Gasteiger charge is 2.18. The maximum atomic E-state index is 12.4. The molecule has 0 fully saturated rings. The van der Waals surface area contributed by atoms with E-state index in [0.717, 1.165) is 18.2 Å². The Kier molecular flexibility index (Phi) is 7.66. The highest BCUT2D eigenvalue weighted by Crippen LogP contribution is 2.23. The summed E-state index contributed by atoms with van der Waals surface area (Å²) in [6.07, 6.45) is 1.50. The molecule has 2 heterocycles. The van der Waals surface area contributed by atoms with Gasteiger partial charge in [0.15, 0.2) is 5.16 Å². The van der Waals surface area contributed by atoms with Crippen LogP contribution in [0.25, 0.3) is 0 Å². The molecule has 1 aromatic carbocycles. The molecule has 10 nitrogen and oxygen atoms in total. The molecule has 0 saturated heterocycles. The van der Waals surface area contributed by atoms with Crippen LogP contribution < -0.4 is 16.2 Å². The number of hydrogen-bond donors (Lipinski definition) is 3. The number of nitrogens with zero attached hydrogens (tertiary/aromatic N) is 3. The number of carbonyl (C=O) groups excluding carboxylic acids is 2. The van der Waals surface area contributed by atoms with Gasteiger partial charge in [0.2, 0.25) is 17.5 Å². The maximum absolute atomic E-state index is 12.4. The minimum atomic E-state index is -0.586. The van der Waals surface area contributed by atoms with Gasteiger partial charge in [0.25, 0.3) is 11.5 Å². The molecule has 13 heteroatoms. The van der Waals surface area contributed by atoms with Crippen LogP contribution in [0.15, 0.2) is 38.8 Å². The first kappa shape index (κ1) is 22.8. The van der Waals surface area contributed by atoms with Crippen molar-refractivity contribution in [3.05, 3.63) is 55.9 Å². The monoisotopic (exact) mass is 482 g/mol. The van der Waals surface area contributed by atoms with Crippen molar-refractivity contribution >= 4 is 58.4 Å². The van der Waals surface area contributed by atoms with Crippen LogP contribution in [0.4, 0.5) is 11.6 Å². The third-order valence-corrected chi connectivity index (χ3v) is 5.19. The van der Waals surface area contributed by atoms with E-state index in [2.05, 4.69) is 35.5 Å². The molecule has 31 heavy (non-hydrogen) atoms. The van der Waals surface area contributed by atoms with Crippen molar-refractivity contribution in [2.24, 2.45) is 0 Å². The van der Waals surface area contributed by atoms with Gasteiger partial charge in [0, 0.05) is 16.8 Å². The van der Waals surface area contributed by atoms with Gasteiger partial charge in [-0.1, -0.05) is 48.3 Å². The molecule has 3 N–H and O–H groups in total. The first-order valence-corrected chi connectivity index (χ1v) is 10.7. The molecule has 162 valence electrons. The fourth-order valence-electron chi connectivity index (χ4n) is 2.44. The van der Waals surface area contributed by atoms with Gasteiger partial charge in [-0.05, 0) is 34.9 Å². The quantitative estimate of drug-likeness (QED) is 0.327. The summed E-state index contributed by atoms with van der Waals surface area (Å²) in [5.74, 6) is -1.29. The molecule has 3 aromatic rings. The van der Waals surface area contributed by atoms with Crippen LogP contribution >= 0.6 is 35.0 Å². The van der Waals surface area contributed by atoms with Gasteiger partial charge in [0.05, 0.1) is 16.3 Å². The predicted octanol–water partition coefficient (Wildman–Crippen LogP) is 3.40. The van der Waals surface area contributed by atoms with Crippen molar-refractivity contribution in [1.29, 1.82) is 0 Å². The summed E-state index contributed by atoms with van der Waals surface area (Å²) in [7, 11) is 0. The fraction of sp³-hybridized carbons (Fsp3) is 0.222. The fourth-order valence-corrected chi connectivity index (χ4v) is 3.63. The second kappa shape index (κ2) is 10.4. The number of aromatic nitrogens is 4. The van der Waals surface area contributed by atoms with Crippen LogP contribution in [0.3, 0.4) is 0 Å². The van der Waals surface area contributed by atoms with E-state index in [9.17, 15) is 14.4 Å². The zero-order valence-electron chi connectivity index (χ0n) is 16.1. The standard InChI is InChI=1S/C18H16Cl2N6O4S/c1-2-3-10-7-13(27)23-18(21-10)31-8-14(28)22-15-16(26-30-25-15)24-17(29)11-5-4-9(19)6-12(11)20/h4-7H,2-3,8H2,1H3,(H,21,23,27)(H,22,25,28)(H,24,26,29). The van der Waals surface area contributed by atoms with Gasteiger partial charge in [-0.2, -0.15) is 0 Å². The average Bonchev–Trinajstić information content (AvgIpc) is 3.12. The molecule has 2 amide bonds. The van der Waals surface area contributed by atoms with Crippen molar-refractivity contribution in [3.8, 4) is 0 Å². The number of thioether (sulfide) groups is 1. The summed E-state index contributed by atoms with van der Waals surface area (Å²) >= 11 is 12.9. The first-order valence-electron chi connectivity index (χ1n) is 8.97. The zero-order valence-corrected chi connectivity index (χ0v) is 18.4. The van der Waals surface area contributed by atoms with Crippen molar-refractivity contribution in [3.63, 3.8) is 0 Å². The van der Waals surface area contributed by atoms with E-state index in [0.29, 0.717) is 22.3 Å². The molecule has 0 aliphatic carbocycles. The Morgan fingerprint density at radius 3 is 2.61 bits per heavy atom. The van der Waals surface area contributed by atoms with Crippen LogP contribution in [-0.4, -0.2) is 37.8 Å². The normalized spacial score (nSPS) is 10.7. The molecule has 0 saturated carbocycles. The Bertz CT molecular complexity index is 1170. The SMILES string of the molecule is CCCc1cc(=O)[nH]c(SCC(=O)Nc2nonc2NC(=O)c2ccc(Cl)cc2Cl)n1. The summed E-state index contributed by atoms with van der Waals surface area (Å²) in [5.41, 5.74) is 0.525. The number of aryl methyl sites for hydroxylation is 1. The minimum absolute atomic E-state index is 0.0677. The molecule has 0 radical (unpaired) electrons. The van der Waals surface area contributed by atoms with Crippen molar-refractivity contribution in [2.75, 3.05) is 16.4 Å². The van der Waals surface area contributed by atoms with Gasteiger partial charge >= 0.3 is 0 Å². The van der Waals surface area contributed by atoms with Gasteiger partial charge in [-0.15, -0.1) is 0 Å². The van der Waals surface area contributed by atoms with Crippen molar-refractivity contribution in [1.82, 2.24) is 20.3 Å². The minimum Gasteiger partial charge on any atom is -0.304 e. The molecule has 0 bridgehead atoms. The lowest BCUT2D eigenvalue weighted by Crippen LogP contribution is -2.19. The Hall–Kier alpha value is -2.89. The number of anilines is 2. The second-order valence-electron chi connectivity index (χ2n) is 6.17. The van der Waals surface area contributed by atoms with Gasteiger partial charge in [0.1, 0.15) is 0 Å². The molecule has 2 aromatic heterocycles.